The molecule has 0 radical (unpaired) electrons. The zero-order valence-corrected chi connectivity index (χ0v) is 19.7. The average molecular weight is 516 g/mol. The number of likely N-dealkylation sites (tertiary alicyclic amines) is 1. The van der Waals surface area contributed by atoms with Crippen molar-refractivity contribution in [1.82, 2.24) is 15.5 Å². The molecule has 29 heavy (non-hydrogen) atoms. The summed E-state index contributed by atoms with van der Waals surface area (Å²) in [5, 5.41) is 6.71. The van der Waals surface area contributed by atoms with Crippen LogP contribution in [0, 0.1) is 0 Å². The van der Waals surface area contributed by atoms with Gasteiger partial charge in [-0.15, -0.1) is 24.0 Å². The summed E-state index contributed by atoms with van der Waals surface area (Å²) in [4.78, 5) is 18.1. The molecule has 0 aliphatic carbocycles. The van der Waals surface area contributed by atoms with Gasteiger partial charge in [-0.2, -0.15) is 0 Å². The summed E-state index contributed by atoms with van der Waals surface area (Å²) in [6.07, 6.45) is 2.83. The Balaban J connectivity index is 0.00000300. The third-order valence-corrected chi connectivity index (χ3v) is 5.07. The van der Waals surface area contributed by atoms with E-state index in [0.717, 1.165) is 37.5 Å². The van der Waals surface area contributed by atoms with Crippen molar-refractivity contribution in [2.24, 2.45) is 4.99 Å². The number of carbonyl (C=O) groups excluding carboxylic acids is 1. The van der Waals surface area contributed by atoms with Gasteiger partial charge in [-0.25, -0.2) is 0 Å². The second kappa shape index (κ2) is 12.3. The summed E-state index contributed by atoms with van der Waals surface area (Å²) < 4.78 is 11.2. The quantitative estimate of drug-likeness (QED) is 0.315. The number of hydrogen-bond acceptors (Lipinski definition) is 4. The van der Waals surface area contributed by atoms with Gasteiger partial charge in [-0.3, -0.25) is 9.79 Å². The summed E-state index contributed by atoms with van der Waals surface area (Å²) in [5.41, 5.74) is 2.33. The number of amides is 1. The number of hydrogen-bond donors (Lipinski definition) is 2. The Morgan fingerprint density at radius 3 is 2.93 bits per heavy atom. The molecular weight excluding hydrogens is 483 g/mol. The maximum Gasteiger partial charge on any atom is 0.222 e. The summed E-state index contributed by atoms with van der Waals surface area (Å²) in [6, 6.07) is 8.51. The minimum atomic E-state index is 0. The maximum atomic E-state index is 11.8. The molecule has 2 aliphatic rings. The molecule has 0 aromatic heterocycles. The first-order valence-electron chi connectivity index (χ1n) is 10.2. The van der Waals surface area contributed by atoms with Crippen molar-refractivity contribution >= 4 is 35.8 Å². The van der Waals surface area contributed by atoms with Crippen LogP contribution in [0.4, 0.5) is 0 Å². The topological polar surface area (TPSA) is 75.2 Å². The molecule has 8 heteroatoms. The molecule has 1 amide bonds. The maximum absolute atomic E-state index is 11.8. The third-order valence-electron chi connectivity index (χ3n) is 5.07. The van der Waals surface area contributed by atoms with Gasteiger partial charge in [0, 0.05) is 45.8 Å². The van der Waals surface area contributed by atoms with Gasteiger partial charge in [-0.05, 0) is 30.9 Å². The summed E-state index contributed by atoms with van der Waals surface area (Å²) in [5.74, 6) is 1.01. The predicted octanol–water partition coefficient (Wildman–Crippen LogP) is 2.29. The van der Waals surface area contributed by atoms with Crippen LogP contribution in [0.2, 0.25) is 0 Å². The van der Waals surface area contributed by atoms with Crippen LogP contribution in [0.3, 0.4) is 0 Å². The number of carbonyl (C=O) groups is 1. The van der Waals surface area contributed by atoms with Crippen molar-refractivity contribution in [3.05, 3.63) is 35.4 Å². The number of aliphatic imine (C=N–C) groups is 1. The summed E-state index contributed by atoms with van der Waals surface area (Å²) in [7, 11) is 1.77. The molecule has 3 rings (SSSR count). The Kier molecular flexibility index (Phi) is 10.2. The number of halogens is 1. The fourth-order valence-corrected chi connectivity index (χ4v) is 3.51. The molecule has 2 aliphatic heterocycles. The highest BCUT2D eigenvalue weighted by Gasteiger charge is 2.20. The van der Waals surface area contributed by atoms with E-state index in [-0.39, 0.29) is 42.0 Å². The molecule has 7 nitrogen and oxygen atoms in total. The molecule has 1 aromatic rings. The van der Waals surface area contributed by atoms with Crippen LogP contribution in [-0.2, 0) is 27.4 Å². The van der Waals surface area contributed by atoms with E-state index in [9.17, 15) is 4.79 Å². The number of nitrogens with zero attached hydrogens (tertiary/aromatic N) is 2. The fraction of sp³-hybridized carbons (Fsp3) is 0.619. The SMILES string of the molecule is CN=C(NCc1cccc(CN2CCCC2=O)c1)NC(C)COC1CCOC1.I. The van der Waals surface area contributed by atoms with E-state index in [4.69, 9.17) is 9.47 Å². The van der Waals surface area contributed by atoms with E-state index >= 15 is 0 Å². The second-order valence-corrected chi connectivity index (χ2v) is 7.53. The van der Waals surface area contributed by atoms with Gasteiger partial charge < -0.3 is 25.0 Å². The minimum absolute atomic E-state index is 0. The Morgan fingerprint density at radius 2 is 2.24 bits per heavy atom. The van der Waals surface area contributed by atoms with Crippen molar-refractivity contribution in [3.63, 3.8) is 0 Å². The first kappa shape index (κ1) is 23.9. The first-order valence-corrected chi connectivity index (χ1v) is 10.2. The van der Waals surface area contributed by atoms with E-state index in [2.05, 4.69) is 40.7 Å². The molecule has 2 heterocycles. The lowest BCUT2D eigenvalue weighted by Crippen LogP contribution is -2.44. The number of rotatable bonds is 8. The van der Waals surface area contributed by atoms with E-state index in [1.165, 1.54) is 5.56 Å². The first-order chi connectivity index (χ1) is 13.6. The largest absolute Gasteiger partial charge is 0.379 e. The summed E-state index contributed by atoms with van der Waals surface area (Å²) >= 11 is 0. The Labute approximate surface area is 190 Å². The highest BCUT2D eigenvalue weighted by atomic mass is 127. The highest BCUT2D eigenvalue weighted by molar-refractivity contribution is 14.0. The molecule has 0 bridgehead atoms. The van der Waals surface area contributed by atoms with Gasteiger partial charge >= 0.3 is 0 Å². The van der Waals surface area contributed by atoms with Gasteiger partial charge in [-0.1, -0.05) is 24.3 Å². The Morgan fingerprint density at radius 1 is 1.41 bits per heavy atom. The lowest BCUT2D eigenvalue weighted by molar-refractivity contribution is -0.128. The molecule has 162 valence electrons. The van der Waals surface area contributed by atoms with Crippen molar-refractivity contribution in [2.45, 2.75) is 51.4 Å². The molecule has 2 saturated heterocycles. The number of benzene rings is 1. The monoisotopic (exact) mass is 516 g/mol. The second-order valence-electron chi connectivity index (χ2n) is 7.53. The predicted molar refractivity (Wildman–Crippen MR) is 124 cm³/mol. The van der Waals surface area contributed by atoms with Crippen LogP contribution < -0.4 is 10.6 Å². The van der Waals surface area contributed by atoms with Gasteiger partial charge in [0.25, 0.3) is 0 Å². The Hall–Kier alpha value is -1.39. The number of guanidine groups is 1. The lowest BCUT2D eigenvalue weighted by Gasteiger charge is -2.20. The summed E-state index contributed by atoms with van der Waals surface area (Å²) in [6.45, 7) is 6.42. The Bertz CT molecular complexity index is 680. The van der Waals surface area contributed by atoms with E-state index in [1.807, 2.05) is 11.0 Å². The lowest BCUT2D eigenvalue weighted by atomic mass is 10.1. The van der Waals surface area contributed by atoms with Gasteiger partial charge in [0.05, 0.1) is 19.3 Å². The molecule has 2 unspecified atom stereocenters. The molecule has 0 saturated carbocycles. The van der Waals surface area contributed by atoms with Crippen LogP contribution in [0.25, 0.3) is 0 Å². The number of ether oxygens (including phenoxy) is 2. The zero-order valence-electron chi connectivity index (χ0n) is 17.4. The molecule has 2 fully saturated rings. The van der Waals surface area contributed by atoms with Crippen LogP contribution in [0.15, 0.2) is 29.3 Å². The zero-order chi connectivity index (χ0) is 19.8. The molecule has 2 N–H and O–H groups in total. The molecule has 1 aromatic carbocycles. The van der Waals surface area contributed by atoms with Crippen LogP contribution in [0.5, 0.6) is 0 Å². The van der Waals surface area contributed by atoms with Crippen molar-refractivity contribution in [3.8, 4) is 0 Å². The highest BCUT2D eigenvalue weighted by Crippen LogP contribution is 2.15. The molecule has 0 spiro atoms. The van der Waals surface area contributed by atoms with Crippen molar-refractivity contribution in [1.29, 1.82) is 0 Å². The van der Waals surface area contributed by atoms with Gasteiger partial charge in [0.15, 0.2) is 5.96 Å². The van der Waals surface area contributed by atoms with E-state index in [0.29, 0.717) is 32.7 Å². The third kappa shape index (κ3) is 7.75. The van der Waals surface area contributed by atoms with Crippen LogP contribution in [0.1, 0.15) is 37.3 Å². The van der Waals surface area contributed by atoms with Crippen LogP contribution >= 0.6 is 24.0 Å². The fourth-order valence-electron chi connectivity index (χ4n) is 3.51. The molecular formula is C21H33IN4O3. The van der Waals surface area contributed by atoms with Crippen LogP contribution in [-0.4, -0.2) is 62.3 Å². The smallest absolute Gasteiger partial charge is 0.222 e. The normalized spacial score (nSPS) is 20.5. The van der Waals surface area contributed by atoms with E-state index < -0.39 is 0 Å². The van der Waals surface area contributed by atoms with Gasteiger partial charge in [0.1, 0.15) is 0 Å². The average Bonchev–Trinajstić information content (AvgIpc) is 3.36. The molecule has 2 atom stereocenters. The van der Waals surface area contributed by atoms with Crippen molar-refractivity contribution < 1.29 is 14.3 Å². The van der Waals surface area contributed by atoms with E-state index in [1.54, 1.807) is 7.05 Å². The number of nitrogens with one attached hydrogen (secondary N) is 2. The van der Waals surface area contributed by atoms with Crippen molar-refractivity contribution in [2.75, 3.05) is 33.4 Å². The standard InChI is InChI=1S/C21H32N4O3.HI/c1-16(14-28-19-8-10-27-15-19)24-21(22-2)23-12-17-5-3-6-18(11-17)13-25-9-4-7-20(25)26;/h3,5-6,11,16,19H,4,7-10,12-15H2,1-2H3,(H2,22,23,24);1H. The minimum Gasteiger partial charge on any atom is -0.379 e. The van der Waals surface area contributed by atoms with Gasteiger partial charge in [0.2, 0.25) is 5.91 Å².